The minimum Gasteiger partial charge on any atom is -0.497 e. The van der Waals surface area contributed by atoms with Crippen LogP contribution < -0.4 is 14.4 Å². The lowest BCUT2D eigenvalue weighted by atomic mass is 10.1. The van der Waals surface area contributed by atoms with E-state index in [9.17, 15) is 18.0 Å². The molecule has 0 aliphatic heterocycles. The van der Waals surface area contributed by atoms with Crippen molar-refractivity contribution in [3.8, 4) is 5.75 Å². The van der Waals surface area contributed by atoms with Crippen molar-refractivity contribution in [2.24, 2.45) is 0 Å². The van der Waals surface area contributed by atoms with Crippen LogP contribution in [0.1, 0.15) is 44.7 Å². The fraction of sp³-hybridized carbons (Fsp3) is 0.355. The summed E-state index contributed by atoms with van der Waals surface area (Å²) in [6.07, 6.45) is 1.05. The zero-order valence-electron chi connectivity index (χ0n) is 24.1. The Labute approximate surface area is 248 Å². The number of sulfonamides is 1. The normalized spacial score (nSPS) is 12.7. The molecule has 2 amide bonds. The van der Waals surface area contributed by atoms with Gasteiger partial charge in [-0.15, -0.1) is 0 Å². The van der Waals surface area contributed by atoms with Crippen molar-refractivity contribution in [2.75, 3.05) is 18.0 Å². The molecule has 2 atom stereocenters. The number of benzene rings is 3. The Morgan fingerprint density at radius 1 is 0.951 bits per heavy atom. The summed E-state index contributed by atoms with van der Waals surface area (Å²) >= 11 is 6.45. The van der Waals surface area contributed by atoms with E-state index in [0.29, 0.717) is 28.4 Å². The molecule has 0 radical (unpaired) electrons. The summed E-state index contributed by atoms with van der Waals surface area (Å²) in [4.78, 5) is 28.9. The molecule has 0 aliphatic carbocycles. The van der Waals surface area contributed by atoms with Gasteiger partial charge in [-0.2, -0.15) is 0 Å². The third-order valence-electron chi connectivity index (χ3n) is 6.93. The second-order valence-electron chi connectivity index (χ2n) is 9.88. The lowest BCUT2D eigenvalue weighted by molar-refractivity contribution is -0.140. The first kappa shape index (κ1) is 32.0. The quantitative estimate of drug-likeness (QED) is 0.277. The summed E-state index contributed by atoms with van der Waals surface area (Å²) in [6.45, 7) is 7.08. The Kier molecular flexibility index (Phi) is 11.2. The molecular formula is C31H38ClN3O5S. The highest BCUT2D eigenvalue weighted by Gasteiger charge is 2.34. The molecule has 41 heavy (non-hydrogen) atoms. The number of hydrogen-bond donors (Lipinski definition) is 1. The van der Waals surface area contributed by atoms with E-state index in [4.69, 9.17) is 16.3 Å². The SMILES string of the molecule is CC[C@H](C(=O)N[C@@H](C)CC)N(Cc1ccccc1Cl)C(=O)CN(c1ccc(C)cc1)S(=O)(=O)c1ccc(OC)cc1. The van der Waals surface area contributed by atoms with Gasteiger partial charge in [-0.25, -0.2) is 8.42 Å². The largest absolute Gasteiger partial charge is 0.497 e. The van der Waals surface area contributed by atoms with Gasteiger partial charge in [-0.1, -0.05) is 61.3 Å². The Bertz CT molecular complexity index is 1430. The molecule has 3 rings (SSSR count). The molecule has 8 nitrogen and oxygen atoms in total. The maximum absolute atomic E-state index is 14.1. The number of rotatable bonds is 13. The van der Waals surface area contributed by atoms with Crippen molar-refractivity contribution in [3.05, 3.63) is 88.9 Å². The monoisotopic (exact) mass is 599 g/mol. The average molecular weight is 600 g/mol. The Morgan fingerprint density at radius 3 is 2.15 bits per heavy atom. The molecule has 3 aromatic carbocycles. The van der Waals surface area contributed by atoms with Crippen molar-refractivity contribution in [1.82, 2.24) is 10.2 Å². The van der Waals surface area contributed by atoms with Gasteiger partial charge in [-0.05, 0) is 74.7 Å². The summed E-state index contributed by atoms with van der Waals surface area (Å²) in [5, 5.41) is 3.41. The third-order valence-corrected chi connectivity index (χ3v) is 9.09. The number of hydrogen-bond acceptors (Lipinski definition) is 5. The number of anilines is 1. The van der Waals surface area contributed by atoms with Crippen LogP contribution in [-0.2, 0) is 26.2 Å². The number of halogens is 1. The van der Waals surface area contributed by atoms with E-state index in [1.165, 1.54) is 24.1 Å². The van der Waals surface area contributed by atoms with Crippen LogP contribution in [0.2, 0.25) is 5.02 Å². The molecule has 1 N–H and O–H groups in total. The second kappa shape index (κ2) is 14.4. The van der Waals surface area contributed by atoms with Crippen molar-refractivity contribution in [1.29, 1.82) is 0 Å². The fourth-order valence-electron chi connectivity index (χ4n) is 4.29. The summed E-state index contributed by atoms with van der Waals surface area (Å²) in [5.41, 5.74) is 1.92. The maximum atomic E-state index is 14.1. The van der Waals surface area contributed by atoms with E-state index < -0.39 is 28.5 Å². The van der Waals surface area contributed by atoms with Crippen LogP contribution in [0.15, 0.2) is 77.7 Å². The number of amides is 2. The number of methoxy groups -OCH3 is 1. The number of ether oxygens (including phenoxy) is 1. The molecule has 3 aromatic rings. The van der Waals surface area contributed by atoms with Crippen molar-refractivity contribution in [3.63, 3.8) is 0 Å². The zero-order chi connectivity index (χ0) is 30.2. The summed E-state index contributed by atoms with van der Waals surface area (Å²) in [5.74, 6) is -0.332. The highest BCUT2D eigenvalue weighted by molar-refractivity contribution is 7.92. The minimum atomic E-state index is -4.17. The van der Waals surface area contributed by atoms with Crippen LogP contribution in [0.4, 0.5) is 5.69 Å². The summed E-state index contributed by atoms with van der Waals surface area (Å²) < 4.78 is 34.2. The average Bonchev–Trinajstić information content (AvgIpc) is 2.97. The molecule has 0 saturated carbocycles. The summed E-state index contributed by atoms with van der Waals surface area (Å²) in [7, 11) is -2.68. The van der Waals surface area contributed by atoms with Crippen LogP contribution >= 0.6 is 11.6 Å². The summed E-state index contributed by atoms with van der Waals surface area (Å²) in [6, 6.07) is 19.0. The van der Waals surface area contributed by atoms with Gasteiger partial charge in [0.05, 0.1) is 17.7 Å². The molecule has 0 spiro atoms. The molecule has 220 valence electrons. The van der Waals surface area contributed by atoms with Crippen LogP contribution in [0.25, 0.3) is 0 Å². The standard InChI is InChI=1S/C31H38ClN3O5S/c1-6-23(4)33-31(37)29(7-2)34(20-24-10-8-9-11-28(24)32)30(36)21-35(25-14-12-22(3)13-15-25)41(38,39)27-18-16-26(40-5)17-19-27/h8-19,23,29H,6-7,20-21H2,1-5H3,(H,33,37)/t23-,29+/m0/s1. The predicted molar refractivity (Wildman–Crippen MR) is 163 cm³/mol. The lowest BCUT2D eigenvalue weighted by Gasteiger charge is -2.34. The van der Waals surface area contributed by atoms with Gasteiger partial charge in [0.1, 0.15) is 18.3 Å². The van der Waals surface area contributed by atoms with E-state index in [0.717, 1.165) is 16.3 Å². The molecule has 10 heteroatoms. The van der Waals surface area contributed by atoms with Gasteiger partial charge in [0.2, 0.25) is 11.8 Å². The van der Waals surface area contributed by atoms with Crippen molar-refractivity contribution in [2.45, 2.75) is 64.1 Å². The van der Waals surface area contributed by atoms with E-state index in [-0.39, 0.29) is 23.4 Å². The van der Waals surface area contributed by atoms with E-state index in [1.54, 1.807) is 60.7 Å². The van der Waals surface area contributed by atoms with E-state index in [2.05, 4.69) is 5.32 Å². The zero-order valence-corrected chi connectivity index (χ0v) is 25.7. The number of aryl methyl sites for hydroxylation is 1. The highest BCUT2D eigenvalue weighted by Crippen LogP contribution is 2.27. The first-order valence-corrected chi connectivity index (χ1v) is 15.4. The van der Waals surface area contributed by atoms with Crippen LogP contribution in [0, 0.1) is 6.92 Å². The lowest BCUT2D eigenvalue weighted by Crippen LogP contribution is -2.53. The molecule has 0 aliphatic rings. The molecular weight excluding hydrogens is 562 g/mol. The first-order chi connectivity index (χ1) is 19.5. The Morgan fingerprint density at radius 2 is 1.59 bits per heavy atom. The molecule has 0 unspecified atom stereocenters. The van der Waals surface area contributed by atoms with Gasteiger partial charge >= 0.3 is 0 Å². The van der Waals surface area contributed by atoms with Gasteiger partial charge < -0.3 is 15.0 Å². The molecule has 0 bridgehead atoms. The number of carbonyl (C=O) groups is 2. The van der Waals surface area contributed by atoms with Crippen LogP contribution in [0.5, 0.6) is 5.75 Å². The Hall–Kier alpha value is -3.56. The van der Waals surface area contributed by atoms with Gasteiger partial charge in [0, 0.05) is 17.6 Å². The van der Waals surface area contributed by atoms with Gasteiger partial charge in [0.25, 0.3) is 10.0 Å². The topological polar surface area (TPSA) is 96.0 Å². The van der Waals surface area contributed by atoms with E-state index >= 15 is 0 Å². The van der Waals surface area contributed by atoms with Crippen LogP contribution in [-0.4, -0.2) is 50.9 Å². The maximum Gasteiger partial charge on any atom is 0.264 e. The minimum absolute atomic E-state index is 0.00545. The Balaban J connectivity index is 2.06. The molecule has 0 saturated heterocycles. The molecule has 0 fully saturated rings. The fourth-order valence-corrected chi connectivity index (χ4v) is 5.90. The molecule has 0 heterocycles. The third kappa shape index (κ3) is 8.01. The smallest absolute Gasteiger partial charge is 0.264 e. The van der Waals surface area contributed by atoms with Crippen molar-refractivity contribution < 1.29 is 22.7 Å². The second-order valence-corrected chi connectivity index (χ2v) is 12.1. The molecule has 0 aromatic heterocycles. The van der Waals surface area contributed by atoms with Gasteiger partial charge in [-0.3, -0.25) is 13.9 Å². The van der Waals surface area contributed by atoms with Gasteiger partial charge in [0.15, 0.2) is 0 Å². The first-order valence-electron chi connectivity index (χ1n) is 13.6. The number of nitrogens with one attached hydrogen (secondary N) is 1. The number of carbonyl (C=O) groups excluding carboxylic acids is 2. The highest BCUT2D eigenvalue weighted by atomic mass is 35.5. The van der Waals surface area contributed by atoms with Crippen molar-refractivity contribution >= 4 is 39.1 Å². The number of nitrogens with zero attached hydrogens (tertiary/aromatic N) is 2. The predicted octanol–water partition coefficient (Wildman–Crippen LogP) is 5.57. The van der Waals surface area contributed by atoms with E-state index in [1.807, 2.05) is 27.7 Å². The van der Waals surface area contributed by atoms with Crippen LogP contribution in [0.3, 0.4) is 0 Å².